The molecular weight excluding hydrogens is 416 g/mol. The number of carboxylic acids is 1. The molecule has 0 bridgehead atoms. The van der Waals surface area contributed by atoms with Crippen LogP contribution >= 0.6 is 0 Å². The number of nitrogens with zero attached hydrogens (tertiary/aromatic N) is 1. The van der Waals surface area contributed by atoms with Crippen molar-refractivity contribution in [1.82, 2.24) is 10.5 Å². The van der Waals surface area contributed by atoms with Gasteiger partial charge in [-0.05, 0) is 65.8 Å². The van der Waals surface area contributed by atoms with E-state index in [2.05, 4.69) is 22.6 Å². The Morgan fingerprint density at radius 2 is 1.82 bits per heavy atom. The van der Waals surface area contributed by atoms with Gasteiger partial charge >= 0.3 is 5.97 Å². The summed E-state index contributed by atoms with van der Waals surface area (Å²) >= 11 is 0. The van der Waals surface area contributed by atoms with Gasteiger partial charge in [0.25, 0.3) is 0 Å². The molecule has 1 aliphatic rings. The molecule has 1 aromatic heterocycles. The lowest BCUT2D eigenvalue weighted by molar-refractivity contribution is -0.139. The van der Waals surface area contributed by atoms with Gasteiger partial charge in [0.05, 0.1) is 0 Å². The van der Waals surface area contributed by atoms with Crippen molar-refractivity contribution >= 4 is 5.97 Å². The number of rotatable bonds is 9. The van der Waals surface area contributed by atoms with Gasteiger partial charge in [-0.3, -0.25) is 15.3 Å². The maximum Gasteiger partial charge on any atom is 0.341 e. The number of carboxylic acid groups (broad SMARTS) is 1. The lowest BCUT2D eigenvalue weighted by Crippen LogP contribution is -2.14. The highest BCUT2D eigenvalue weighted by molar-refractivity contribution is 5.68. The molecule has 0 fully saturated rings. The van der Waals surface area contributed by atoms with Gasteiger partial charge in [-0.1, -0.05) is 54.1 Å². The van der Waals surface area contributed by atoms with Crippen molar-refractivity contribution in [2.24, 2.45) is 0 Å². The van der Waals surface area contributed by atoms with Gasteiger partial charge in [0, 0.05) is 18.6 Å². The standard InChI is InChI=1S/C27H26N2O4/c30-26(31)19-32-25-10-4-9-23-18-20(11-12-24(23)25)6-5-15-29-33-27(21-7-2-1-3-8-21)22-13-16-28-17-14-22/h1-10,13-17,27,29H,11-12,18-19H2,(H,30,31). The zero-order valence-corrected chi connectivity index (χ0v) is 18.2. The Hall–Kier alpha value is -3.90. The number of benzene rings is 2. The van der Waals surface area contributed by atoms with Gasteiger partial charge in [0.1, 0.15) is 11.9 Å². The van der Waals surface area contributed by atoms with Crippen molar-refractivity contribution in [2.75, 3.05) is 6.61 Å². The number of allylic oxidation sites excluding steroid dienone is 3. The van der Waals surface area contributed by atoms with Gasteiger partial charge < -0.3 is 9.84 Å². The van der Waals surface area contributed by atoms with Crippen LogP contribution in [0.15, 0.2) is 97.0 Å². The fourth-order valence-electron chi connectivity index (χ4n) is 3.92. The van der Waals surface area contributed by atoms with Gasteiger partial charge in [-0.15, -0.1) is 0 Å². The minimum Gasteiger partial charge on any atom is -0.482 e. The number of aromatic nitrogens is 1. The Bertz CT molecular complexity index is 1090. The largest absolute Gasteiger partial charge is 0.482 e. The molecule has 4 rings (SSSR count). The van der Waals surface area contributed by atoms with Crippen molar-refractivity contribution in [3.63, 3.8) is 0 Å². The Kier molecular flexibility index (Phi) is 7.51. The third-order valence-electron chi connectivity index (χ3n) is 5.49. The summed E-state index contributed by atoms with van der Waals surface area (Å²) in [7, 11) is 0. The number of hydrogen-bond donors (Lipinski definition) is 2. The first-order valence-corrected chi connectivity index (χ1v) is 10.9. The Morgan fingerprint density at radius 1 is 1.03 bits per heavy atom. The highest BCUT2D eigenvalue weighted by atomic mass is 16.7. The second-order valence-electron chi connectivity index (χ2n) is 7.74. The molecule has 0 saturated heterocycles. The molecule has 1 aliphatic carbocycles. The molecule has 1 atom stereocenters. The van der Waals surface area contributed by atoms with E-state index in [0.717, 1.165) is 36.0 Å². The van der Waals surface area contributed by atoms with Gasteiger partial charge in [-0.2, -0.15) is 0 Å². The Labute approximate surface area is 193 Å². The lowest BCUT2D eigenvalue weighted by atomic mass is 9.87. The van der Waals surface area contributed by atoms with E-state index in [4.69, 9.17) is 14.7 Å². The van der Waals surface area contributed by atoms with Crippen LogP contribution in [0.2, 0.25) is 0 Å². The van der Waals surface area contributed by atoms with Crippen molar-refractivity contribution in [3.05, 3.63) is 119 Å². The maximum atomic E-state index is 10.8. The predicted molar refractivity (Wildman–Crippen MR) is 126 cm³/mol. The molecule has 0 radical (unpaired) electrons. The molecule has 1 heterocycles. The molecule has 2 N–H and O–H groups in total. The zero-order chi connectivity index (χ0) is 22.9. The summed E-state index contributed by atoms with van der Waals surface area (Å²) in [5.41, 5.74) is 8.59. The Balaban J connectivity index is 1.37. The second-order valence-corrected chi connectivity index (χ2v) is 7.74. The van der Waals surface area contributed by atoms with Crippen LogP contribution in [0.5, 0.6) is 5.75 Å². The minimum atomic E-state index is -0.970. The molecule has 1 unspecified atom stereocenters. The van der Waals surface area contributed by atoms with E-state index in [1.807, 2.05) is 60.7 Å². The molecule has 6 nitrogen and oxygen atoms in total. The molecular formula is C27H26N2O4. The van der Waals surface area contributed by atoms with Crippen molar-refractivity contribution in [2.45, 2.75) is 25.4 Å². The summed E-state index contributed by atoms with van der Waals surface area (Å²) in [5.74, 6) is -0.301. The van der Waals surface area contributed by atoms with Crippen molar-refractivity contribution in [1.29, 1.82) is 0 Å². The molecule has 3 aromatic rings. The SMILES string of the molecule is O=C(O)COc1cccc2c1CCC(=CC=CNOC(c1ccccc1)c1ccncc1)C2. The summed E-state index contributed by atoms with van der Waals surface area (Å²) in [6.07, 6.45) is 11.6. The lowest BCUT2D eigenvalue weighted by Gasteiger charge is -2.21. The first-order valence-electron chi connectivity index (χ1n) is 10.9. The van der Waals surface area contributed by atoms with Gasteiger partial charge in [0.2, 0.25) is 0 Å². The van der Waals surface area contributed by atoms with E-state index < -0.39 is 5.97 Å². The average Bonchev–Trinajstić information content (AvgIpc) is 2.85. The number of hydroxylamine groups is 1. The first kappa shape index (κ1) is 22.3. The van der Waals surface area contributed by atoms with Gasteiger partial charge in [-0.25, -0.2) is 4.79 Å². The number of pyridine rings is 1. The fourth-order valence-corrected chi connectivity index (χ4v) is 3.92. The van der Waals surface area contributed by atoms with Crippen LogP contribution in [0.4, 0.5) is 0 Å². The van der Waals surface area contributed by atoms with Crippen molar-refractivity contribution < 1.29 is 19.5 Å². The third kappa shape index (κ3) is 6.08. The summed E-state index contributed by atoms with van der Waals surface area (Å²) in [6, 6.07) is 19.7. The number of ether oxygens (including phenoxy) is 1. The van der Waals surface area contributed by atoms with E-state index in [1.54, 1.807) is 18.6 Å². The zero-order valence-electron chi connectivity index (χ0n) is 18.2. The molecule has 0 saturated carbocycles. The van der Waals surface area contributed by atoms with Crippen LogP contribution in [-0.4, -0.2) is 22.7 Å². The average molecular weight is 443 g/mol. The molecule has 0 spiro atoms. The molecule has 6 heteroatoms. The smallest absolute Gasteiger partial charge is 0.341 e. The minimum absolute atomic E-state index is 0.253. The van der Waals surface area contributed by atoms with E-state index >= 15 is 0 Å². The molecule has 0 aliphatic heterocycles. The van der Waals surface area contributed by atoms with Crippen LogP contribution in [0, 0.1) is 0 Å². The number of hydrogen-bond acceptors (Lipinski definition) is 5. The molecule has 168 valence electrons. The highest BCUT2D eigenvalue weighted by Crippen LogP contribution is 2.32. The van der Waals surface area contributed by atoms with Crippen LogP contribution in [0.25, 0.3) is 0 Å². The van der Waals surface area contributed by atoms with Crippen molar-refractivity contribution in [3.8, 4) is 5.75 Å². The van der Waals surface area contributed by atoms with E-state index in [9.17, 15) is 4.79 Å². The fraction of sp³-hybridized carbons (Fsp3) is 0.185. The van der Waals surface area contributed by atoms with E-state index in [-0.39, 0.29) is 12.7 Å². The number of fused-ring (bicyclic) bond motifs is 1. The molecule has 2 aromatic carbocycles. The monoisotopic (exact) mass is 442 g/mol. The first-order chi connectivity index (χ1) is 16.2. The van der Waals surface area contributed by atoms with Crippen LogP contribution in [0.1, 0.15) is 34.8 Å². The molecule has 0 amide bonds. The summed E-state index contributed by atoms with van der Waals surface area (Å²) in [6.45, 7) is -0.322. The highest BCUT2D eigenvalue weighted by Gasteiger charge is 2.17. The predicted octanol–water partition coefficient (Wildman–Crippen LogP) is 4.78. The van der Waals surface area contributed by atoms with E-state index in [1.165, 1.54) is 11.1 Å². The molecule has 33 heavy (non-hydrogen) atoms. The van der Waals surface area contributed by atoms with Crippen LogP contribution in [0.3, 0.4) is 0 Å². The van der Waals surface area contributed by atoms with E-state index in [0.29, 0.717) is 5.75 Å². The van der Waals surface area contributed by atoms with Gasteiger partial charge in [0.15, 0.2) is 6.61 Å². The van der Waals surface area contributed by atoms with Crippen LogP contribution in [-0.2, 0) is 22.5 Å². The second kappa shape index (κ2) is 11.1. The summed E-state index contributed by atoms with van der Waals surface area (Å²) in [4.78, 5) is 20.9. The number of nitrogens with one attached hydrogen (secondary N) is 1. The summed E-state index contributed by atoms with van der Waals surface area (Å²) in [5, 5.41) is 8.86. The number of carbonyl (C=O) groups is 1. The third-order valence-corrected chi connectivity index (χ3v) is 5.49. The Morgan fingerprint density at radius 3 is 2.61 bits per heavy atom. The maximum absolute atomic E-state index is 10.8. The topological polar surface area (TPSA) is 80.7 Å². The normalized spacial score (nSPS) is 15.2. The summed E-state index contributed by atoms with van der Waals surface area (Å²) < 4.78 is 5.45. The quantitative estimate of drug-likeness (QED) is 0.464. The van der Waals surface area contributed by atoms with Crippen LogP contribution < -0.4 is 10.2 Å². The number of aliphatic carboxylic acids is 1.